The van der Waals surface area contributed by atoms with Gasteiger partial charge in [-0.15, -0.1) is 0 Å². The van der Waals surface area contributed by atoms with Crippen LogP contribution in [0.25, 0.3) is 16.3 Å². The van der Waals surface area contributed by atoms with Crippen LogP contribution in [0.3, 0.4) is 0 Å². The van der Waals surface area contributed by atoms with Gasteiger partial charge in [-0.25, -0.2) is 0 Å². The van der Waals surface area contributed by atoms with E-state index in [4.69, 9.17) is 0 Å². The van der Waals surface area contributed by atoms with E-state index in [9.17, 15) is 0 Å². The Balaban J connectivity index is 1.37. The van der Waals surface area contributed by atoms with Gasteiger partial charge in [0.15, 0.2) is 0 Å². The lowest BCUT2D eigenvalue weighted by molar-refractivity contribution is -0.665. The molecule has 4 heteroatoms. The maximum atomic E-state index is 2.41. The van der Waals surface area contributed by atoms with Crippen molar-refractivity contribution in [1.82, 2.24) is 0 Å². The van der Waals surface area contributed by atoms with Crippen molar-refractivity contribution in [2.24, 2.45) is 0 Å². The fraction of sp³-hybridized carbons (Fsp3) is 0.250. The van der Waals surface area contributed by atoms with Crippen molar-refractivity contribution in [3.63, 3.8) is 0 Å². The smallest absolute Gasteiger partial charge is 0.262 e. The lowest BCUT2D eigenvalue weighted by Crippen LogP contribution is -2.33. The maximum absolute atomic E-state index is 2.41. The molecule has 3 aromatic rings. The van der Waals surface area contributed by atoms with E-state index in [1.54, 1.807) is 0 Å². The first-order valence-electron chi connectivity index (χ1n) is 11.5. The topological polar surface area (TPSA) is 7.12 Å². The molecule has 0 saturated heterocycles. The summed E-state index contributed by atoms with van der Waals surface area (Å²) in [5.41, 5.74) is 5.52. The minimum Gasteiger partial charge on any atom is -0.335 e. The van der Waals surface area contributed by atoms with Crippen molar-refractivity contribution in [3.05, 3.63) is 94.0 Å². The average molecular weight is 458 g/mol. The highest BCUT2D eigenvalue weighted by Gasteiger charge is 2.22. The lowest BCUT2D eigenvalue weighted by Gasteiger charge is -2.17. The second kappa shape index (κ2) is 9.51. The van der Waals surface area contributed by atoms with Gasteiger partial charge in [-0.05, 0) is 68.5 Å². The van der Waals surface area contributed by atoms with Gasteiger partial charge < -0.3 is 4.90 Å². The Hall–Kier alpha value is -2.56. The van der Waals surface area contributed by atoms with Crippen LogP contribution in [0.15, 0.2) is 93.9 Å². The van der Waals surface area contributed by atoms with Gasteiger partial charge in [-0.3, -0.25) is 0 Å². The van der Waals surface area contributed by atoms with Gasteiger partial charge in [0.1, 0.15) is 11.2 Å². The molecule has 1 aliphatic carbocycles. The largest absolute Gasteiger partial charge is 0.335 e. The van der Waals surface area contributed by atoms with Gasteiger partial charge in [0.25, 0.3) is 5.01 Å². The van der Waals surface area contributed by atoms with Crippen molar-refractivity contribution < 1.29 is 4.57 Å². The Kier molecular flexibility index (Phi) is 6.33. The number of hydrogen-bond acceptors (Lipinski definition) is 3. The van der Waals surface area contributed by atoms with Crippen molar-refractivity contribution in [2.45, 2.75) is 44.6 Å². The molecule has 0 unspecified atom stereocenters. The van der Waals surface area contributed by atoms with Crippen molar-refractivity contribution in [1.29, 1.82) is 0 Å². The number of rotatable bonds is 5. The molecule has 0 saturated carbocycles. The number of anilines is 1. The molecule has 32 heavy (non-hydrogen) atoms. The predicted molar refractivity (Wildman–Crippen MR) is 140 cm³/mol. The number of fused-ring (bicyclic) bond motifs is 2. The number of allylic oxidation sites excluding steroid dienone is 6. The van der Waals surface area contributed by atoms with E-state index >= 15 is 0 Å². The second-order valence-corrected chi connectivity index (χ2v) is 10.2. The average Bonchev–Trinajstić information content (AvgIpc) is 3.38. The summed E-state index contributed by atoms with van der Waals surface area (Å²) in [6.45, 7) is 6.44. The van der Waals surface area contributed by atoms with Crippen LogP contribution in [-0.2, 0) is 6.54 Å². The molecule has 162 valence electrons. The maximum Gasteiger partial charge on any atom is 0.262 e. The van der Waals surface area contributed by atoms with Crippen LogP contribution in [0.2, 0.25) is 0 Å². The van der Waals surface area contributed by atoms with Crippen LogP contribution in [0.1, 0.15) is 38.1 Å². The molecule has 0 spiro atoms. The minimum atomic E-state index is 0.995. The fourth-order valence-electron chi connectivity index (χ4n) is 4.50. The van der Waals surface area contributed by atoms with Gasteiger partial charge in [-0.1, -0.05) is 65.6 Å². The van der Waals surface area contributed by atoms with E-state index in [1.165, 1.54) is 48.4 Å². The Morgan fingerprint density at radius 3 is 2.69 bits per heavy atom. The lowest BCUT2D eigenvalue weighted by atomic mass is 9.94. The highest BCUT2D eigenvalue weighted by molar-refractivity contribution is 8.03. The van der Waals surface area contributed by atoms with Crippen LogP contribution in [0, 0.1) is 0 Å². The van der Waals surface area contributed by atoms with E-state index < -0.39 is 0 Å². The Morgan fingerprint density at radius 2 is 1.81 bits per heavy atom. The standard InChI is InChI=1S/C28H29N2S2/c1-3-29-23-12-5-7-14-25(23)31-27(29)18-16-21-10-9-11-22(20-21)17-19-28-30(4-2)24-13-6-8-15-26(24)32-28/h5-8,12-20H,3-4,9-11H2,1-2H3/q+1. The van der Waals surface area contributed by atoms with Crippen LogP contribution >= 0.6 is 23.1 Å². The highest BCUT2D eigenvalue weighted by atomic mass is 32.2. The number of thiazole rings is 1. The molecular formula is C28H29N2S2+. The molecule has 0 atom stereocenters. The van der Waals surface area contributed by atoms with Gasteiger partial charge in [0, 0.05) is 23.6 Å². The van der Waals surface area contributed by atoms with E-state index in [0.29, 0.717) is 0 Å². The zero-order valence-corrected chi connectivity index (χ0v) is 20.4. The fourth-order valence-corrected chi connectivity index (χ4v) is 6.76. The van der Waals surface area contributed by atoms with E-state index in [1.807, 2.05) is 23.1 Å². The van der Waals surface area contributed by atoms with Crippen molar-refractivity contribution >= 4 is 45.1 Å². The SMILES string of the molecule is CCN1/C(=C/C=C2C=C(/C=C/c3sc4ccccc4[n+]3CC)CCC/2)Sc2ccccc21. The highest BCUT2D eigenvalue weighted by Crippen LogP contribution is 2.45. The molecule has 0 bridgehead atoms. The zero-order chi connectivity index (χ0) is 21.9. The van der Waals surface area contributed by atoms with Crippen LogP contribution < -0.4 is 9.47 Å². The Bertz CT molecular complexity index is 1260. The summed E-state index contributed by atoms with van der Waals surface area (Å²) in [4.78, 5) is 3.77. The van der Waals surface area contributed by atoms with E-state index in [2.05, 4.69) is 102 Å². The molecule has 2 heterocycles. The van der Waals surface area contributed by atoms with Gasteiger partial charge >= 0.3 is 0 Å². The zero-order valence-electron chi connectivity index (χ0n) is 18.8. The van der Waals surface area contributed by atoms with Gasteiger partial charge in [-0.2, -0.15) is 4.57 Å². The molecule has 1 aliphatic heterocycles. The minimum absolute atomic E-state index is 0.995. The Morgan fingerprint density at radius 1 is 0.969 bits per heavy atom. The molecule has 0 amide bonds. The summed E-state index contributed by atoms with van der Waals surface area (Å²) in [7, 11) is 0. The molecule has 0 radical (unpaired) electrons. The summed E-state index contributed by atoms with van der Waals surface area (Å²) in [5, 5.41) is 2.65. The van der Waals surface area contributed by atoms with Crippen molar-refractivity contribution in [2.75, 3.05) is 11.4 Å². The second-order valence-electron chi connectivity index (χ2n) is 8.12. The number of hydrogen-bond donors (Lipinski definition) is 0. The third-order valence-corrected chi connectivity index (χ3v) is 8.35. The molecule has 0 N–H and O–H groups in total. The van der Waals surface area contributed by atoms with Crippen molar-refractivity contribution in [3.8, 4) is 0 Å². The summed E-state index contributed by atoms with van der Waals surface area (Å²) in [5.74, 6) is 0. The molecule has 1 aromatic heterocycles. The van der Waals surface area contributed by atoms with Crippen LogP contribution in [0.4, 0.5) is 5.69 Å². The van der Waals surface area contributed by atoms with E-state index in [-0.39, 0.29) is 0 Å². The van der Waals surface area contributed by atoms with Gasteiger partial charge in [0.05, 0.1) is 10.7 Å². The van der Waals surface area contributed by atoms with E-state index in [0.717, 1.165) is 25.9 Å². The van der Waals surface area contributed by atoms with Crippen LogP contribution in [0.5, 0.6) is 0 Å². The summed E-state index contributed by atoms with van der Waals surface area (Å²) in [6, 6.07) is 17.4. The molecule has 2 aromatic carbocycles. The van der Waals surface area contributed by atoms with Gasteiger partial charge in [0.2, 0.25) is 5.52 Å². The molecule has 0 fully saturated rings. The number of aryl methyl sites for hydroxylation is 1. The third kappa shape index (κ3) is 4.22. The molecule has 2 aliphatic rings. The number of thioether (sulfide) groups is 1. The monoisotopic (exact) mass is 457 g/mol. The number of aromatic nitrogens is 1. The quantitative estimate of drug-likeness (QED) is 0.362. The van der Waals surface area contributed by atoms with Crippen LogP contribution in [-0.4, -0.2) is 6.54 Å². The summed E-state index contributed by atoms with van der Waals surface area (Å²) < 4.78 is 3.77. The molecular weight excluding hydrogens is 428 g/mol. The third-order valence-electron chi connectivity index (χ3n) is 6.09. The predicted octanol–water partition coefficient (Wildman–Crippen LogP) is 7.73. The first-order chi connectivity index (χ1) is 15.8. The first kappa shape index (κ1) is 21.3. The Labute approximate surface area is 199 Å². The number of benzene rings is 2. The number of para-hydroxylation sites is 2. The summed E-state index contributed by atoms with van der Waals surface area (Å²) >= 11 is 3.76. The molecule has 2 nitrogen and oxygen atoms in total. The first-order valence-corrected chi connectivity index (χ1v) is 13.2. The summed E-state index contributed by atoms with van der Waals surface area (Å²) in [6.07, 6.45) is 15.2. The normalized spacial score (nSPS) is 18.8. The molecule has 5 rings (SSSR count). The number of nitrogens with zero attached hydrogens (tertiary/aromatic N) is 2.